The van der Waals surface area contributed by atoms with E-state index >= 15 is 0 Å². The molecule has 0 saturated heterocycles. The zero-order valence-corrected chi connectivity index (χ0v) is 27.9. The second kappa shape index (κ2) is 12.0. The second-order valence-electron chi connectivity index (χ2n) is 13.3. The van der Waals surface area contributed by atoms with Crippen LogP contribution >= 0.6 is 0 Å². The van der Waals surface area contributed by atoms with Crippen molar-refractivity contribution >= 4 is 54.9 Å². The number of hydrogen-bond donors (Lipinski definition) is 1. The van der Waals surface area contributed by atoms with E-state index in [-0.39, 0.29) is 6.17 Å². The molecule has 0 radical (unpaired) electrons. The molecule has 1 aliphatic rings. The van der Waals surface area contributed by atoms with Gasteiger partial charge in [-0.15, -0.1) is 0 Å². The largest absolute Gasteiger partial charge is 0.359 e. The summed E-state index contributed by atoms with van der Waals surface area (Å²) >= 11 is 0. The first kappa shape index (κ1) is 29.2. The Bertz CT molecular complexity index is 2810. The van der Waals surface area contributed by atoms with Gasteiger partial charge in [0.2, 0.25) is 0 Å². The van der Waals surface area contributed by atoms with Gasteiger partial charge in [-0.1, -0.05) is 152 Å². The van der Waals surface area contributed by atoms with Crippen molar-refractivity contribution < 1.29 is 0 Å². The van der Waals surface area contributed by atoms with Crippen molar-refractivity contribution in [3.05, 3.63) is 199 Å². The van der Waals surface area contributed by atoms with E-state index in [4.69, 9.17) is 4.99 Å². The quantitative estimate of drug-likeness (QED) is 0.202. The van der Waals surface area contributed by atoms with Gasteiger partial charge in [-0.05, 0) is 85.3 Å². The molecule has 1 atom stereocenters. The molecular weight excluding hydrogens is 619 g/mol. The smallest absolute Gasteiger partial charge is 0.147 e. The number of para-hydroxylation sites is 1. The van der Waals surface area contributed by atoms with E-state index < -0.39 is 0 Å². The molecule has 0 fully saturated rings. The van der Waals surface area contributed by atoms with Crippen LogP contribution in [0.2, 0.25) is 0 Å². The molecule has 0 bridgehead atoms. The maximum atomic E-state index is 5.36. The fourth-order valence-electron chi connectivity index (χ4n) is 7.67. The molecule has 1 unspecified atom stereocenters. The molecule has 0 amide bonds. The van der Waals surface area contributed by atoms with E-state index in [1.54, 1.807) is 0 Å². The van der Waals surface area contributed by atoms with Gasteiger partial charge >= 0.3 is 0 Å². The minimum atomic E-state index is -0.221. The fourth-order valence-corrected chi connectivity index (χ4v) is 7.67. The van der Waals surface area contributed by atoms with Gasteiger partial charge in [0.15, 0.2) is 0 Å². The van der Waals surface area contributed by atoms with Gasteiger partial charge in [-0.3, -0.25) is 4.57 Å². The van der Waals surface area contributed by atoms with Gasteiger partial charge in [-0.25, -0.2) is 4.99 Å². The molecule has 3 nitrogen and oxygen atoms in total. The fraction of sp³-hybridized carbons (Fsp3) is 0.0208. The number of nitrogens with one attached hydrogen (secondary N) is 1. The molecule has 0 saturated carbocycles. The average Bonchev–Trinajstić information content (AvgIpc) is 3.56. The summed E-state index contributed by atoms with van der Waals surface area (Å²) in [7, 11) is 0. The number of benzene rings is 8. The van der Waals surface area contributed by atoms with Crippen LogP contribution in [0, 0.1) is 0 Å². The molecule has 2 heterocycles. The normalized spacial score (nSPS) is 14.5. The van der Waals surface area contributed by atoms with E-state index in [1.807, 2.05) is 0 Å². The Labute approximate surface area is 296 Å². The summed E-state index contributed by atoms with van der Waals surface area (Å²) in [5, 5.41) is 11.1. The number of rotatable bonds is 4. The van der Waals surface area contributed by atoms with E-state index in [9.17, 15) is 0 Å². The van der Waals surface area contributed by atoms with Crippen LogP contribution in [0.15, 0.2) is 193 Å². The van der Waals surface area contributed by atoms with E-state index in [0.29, 0.717) is 0 Å². The Morgan fingerprint density at radius 3 is 1.73 bits per heavy atom. The van der Waals surface area contributed by atoms with Crippen LogP contribution < -0.4 is 5.32 Å². The Morgan fingerprint density at radius 2 is 1.00 bits per heavy atom. The summed E-state index contributed by atoms with van der Waals surface area (Å²) < 4.78 is 2.34. The highest BCUT2D eigenvalue weighted by atomic mass is 15.2. The van der Waals surface area contributed by atoms with Gasteiger partial charge in [0, 0.05) is 22.5 Å². The minimum absolute atomic E-state index is 0.221. The van der Waals surface area contributed by atoms with Crippen molar-refractivity contribution in [3.63, 3.8) is 0 Å². The molecule has 1 aromatic heterocycles. The topological polar surface area (TPSA) is 29.3 Å². The third kappa shape index (κ3) is 5.10. The molecule has 0 spiro atoms. The minimum Gasteiger partial charge on any atom is -0.359 e. The average molecular weight is 652 g/mol. The molecule has 240 valence electrons. The van der Waals surface area contributed by atoms with Crippen LogP contribution in [-0.4, -0.2) is 10.4 Å². The SMILES string of the molecule is C1=C(c2ccccc2)NC(c2ccccc2)N=C1n1c2ccccc2c2c3cc(-c4ccc5cc(-c6ccccc6)ccc5c4)ccc3ccc21. The molecule has 8 aromatic carbocycles. The summed E-state index contributed by atoms with van der Waals surface area (Å²) in [5.41, 5.74) is 10.5. The molecule has 3 heteroatoms. The van der Waals surface area contributed by atoms with Crippen LogP contribution in [0.1, 0.15) is 17.3 Å². The summed E-state index contributed by atoms with van der Waals surface area (Å²) in [4.78, 5) is 5.36. The van der Waals surface area contributed by atoms with Crippen LogP contribution in [0.4, 0.5) is 0 Å². The van der Waals surface area contributed by atoms with Gasteiger partial charge in [0.25, 0.3) is 0 Å². The Balaban J connectivity index is 1.14. The summed E-state index contributed by atoms with van der Waals surface area (Å²) in [6.45, 7) is 0. The predicted octanol–water partition coefficient (Wildman–Crippen LogP) is 12.0. The van der Waals surface area contributed by atoms with Crippen molar-refractivity contribution in [2.24, 2.45) is 4.99 Å². The molecule has 1 N–H and O–H groups in total. The maximum Gasteiger partial charge on any atom is 0.147 e. The molecule has 10 rings (SSSR count). The number of allylic oxidation sites excluding steroid dienone is 1. The van der Waals surface area contributed by atoms with Gasteiger partial charge < -0.3 is 5.32 Å². The lowest BCUT2D eigenvalue weighted by atomic mass is 9.95. The number of aliphatic imine (C=N–C) groups is 1. The molecule has 9 aromatic rings. The monoisotopic (exact) mass is 651 g/mol. The molecule has 51 heavy (non-hydrogen) atoms. The summed E-state index contributed by atoms with van der Waals surface area (Å²) in [6.07, 6.45) is 1.97. The number of nitrogens with zero attached hydrogens (tertiary/aromatic N) is 2. The first-order valence-electron chi connectivity index (χ1n) is 17.5. The lowest BCUT2D eigenvalue weighted by Crippen LogP contribution is -2.27. The first-order chi connectivity index (χ1) is 25.3. The van der Waals surface area contributed by atoms with E-state index in [1.165, 1.54) is 54.6 Å². The van der Waals surface area contributed by atoms with Crippen molar-refractivity contribution in [1.29, 1.82) is 0 Å². The highest BCUT2D eigenvalue weighted by Gasteiger charge is 2.23. The molecular formula is C48H33N3. The predicted molar refractivity (Wildman–Crippen MR) is 215 cm³/mol. The highest BCUT2D eigenvalue weighted by molar-refractivity contribution is 6.25. The van der Waals surface area contributed by atoms with Crippen molar-refractivity contribution in [3.8, 4) is 22.3 Å². The highest BCUT2D eigenvalue weighted by Crippen LogP contribution is 2.38. The Morgan fingerprint density at radius 1 is 0.431 bits per heavy atom. The van der Waals surface area contributed by atoms with Crippen molar-refractivity contribution in [2.45, 2.75) is 6.17 Å². The number of aromatic nitrogens is 1. The third-order valence-electron chi connectivity index (χ3n) is 10.2. The zero-order chi connectivity index (χ0) is 33.7. The molecule has 0 aliphatic carbocycles. The molecule has 1 aliphatic heterocycles. The van der Waals surface area contributed by atoms with Gasteiger partial charge in [0.1, 0.15) is 12.0 Å². The van der Waals surface area contributed by atoms with Crippen LogP contribution in [0.25, 0.3) is 71.3 Å². The van der Waals surface area contributed by atoms with Crippen molar-refractivity contribution in [1.82, 2.24) is 9.88 Å². The van der Waals surface area contributed by atoms with Crippen LogP contribution in [0.5, 0.6) is 0 Å². The zero-order valence-electron chi connectivity index (χ0n) is 27.9. The Hall–Kier alpha value is -6.71. The standard InChI is InChI=1S/C48H33N3/c1-4-12-32(13-5-1)36-22-23-38-29-39(25-24-37(38)28-36)40-21-20-33-26-27-45-47(42(33)30-40)41-18-10-11-19-44(41)51(45)46-31-43(34-14-6-2-7-15-34)49-48(50-46)35-16-8-3-9-17-35/h1-31,48-49H. The van der Waals surface area contributed by atoms with Crippen LogP contribution in [0.3, 0.4) is 0 Å². The summed E-state index contributed by atoms with van der Waals surface area (Å²) in [5.74, 6) is 0.910. The van der Waals surface area contributed by atoms with Gasteiger partial charge in [0.05, 0.1) is 11.0 Å². The van der Waals surface area contributed by atoms with Gasteiger partial charge in [-0.2, -0.15) is 0 Å². The lowest BCUT2D eigenvalue weighted by Gasteiger charge is -2.25. The lowest BCUT2D eigenvalue weighted by molar-refractivity contribution is 0.660. The second-order valence-corrected chi connectivity index (χ2v) is 13.3. The van der Waals surface area contributed by atoms with E-state index in [0.717, 1.165) is 33.7 Å². The van der Waals surface area contributed by atoms with Crippen LogP contribution in [-0.2, 0) is 0 Å². The van der Waals surface area contributed by atoms with E-state index in [2.05, 4.69) is 198 Å². The van der Waals surface area contributed by atoms with Crippen molar-refractivity contribution in [2.75, 3.05) is 0 Å². The maximum absolute atomic E-state index is 5.36. The first-order valence-corrected chi connectivity index (χ1v) is 17.5. The third-order valence-corrected chi connectivity index (χ3v) is 10.2. The number of hydrogen-bond acceptors (Lipinski definition) is 2. The Kier molecular flexibility index (Phi) is 6.88. The number of fused-ring (bicyclic) bond motifs is 6. The summed E-state index contributed by atoms with van der Waals surface area (Å²) in [6, 6.07) is 65.3.